The number of methoxy groups -OCH3 is 1. The molecular weight excluding hydrogens is 491 g/mol. The molecule has 0 saturated heterocycles. The van der Waals surface area contributed by atoms with Crippen LogP contribution in [0.15, 0.2) is 67.0 Å². The van der Waals surface area contributed by atoms with Gasteiger partial charge in [-0.3, -0.25) is 4.79 Å². The zero-order valence-corrected chi connectivity index (χ0v) is 21.1. The van der Waals surface area contributed by atoms with Crippen molar-refractivity contribution in [3.63, 3.8) is 0 Å². The molecular formula is C27H27FN6O4. The topological polar surface area (TPSA) is 132 Å². The third-order valence-corrected chi connectivity index (χ3v) is 5.66. The lowest BCUT2D eigenvalue weighted by Gasteiger charge is -2.24. The molecule has 0 aliphatic rings. The van der Waals surface area contributed by atoms with Crippen molar-refractivity contribution in [3.05, 3.63) is 83.9 Å². The van der Waals surface area contributed by atoms with E-state index in [0.717, 1.165) is 11.6 Å². The SMILES string of the molecule is COc1ccc(C(=O)Nc2cccc(C(CN(C)C)Nc3ncnc4c(OC(N)=O)cccc34)c2)cc1F. The highest BCUT2D eigenvalue weighted by atomic mass is 19.1. The van der Waals surface area contributed by atoms with Gasteiger partial charge in [0.05, 0.1) is 13.2 Å². The van der Waals surface area contributed by atoms with Crippen LogP contribution in [0, 0.1) is 5.82 Å². The molecule has 38 heavy (non-hydrogen) atoms. The highest BCUT2D eigenvalue weighted by Crippen LogP contribution is 2.30. The quantitative estimate of drug-likeness (QED) is 0.300. The maximum absolute atomic E-state index is 14.1. The lowest BCUT2D eigenvalue weighted by atomic mass is 10.0. The fraction of sp³-hybridized carbons (Fsp3) is 0.185. The number of anilines is 2. The van der Waals surface area contributed by atoms with Gasteiger partial charge in [-0.2, -0.15) is 0 Å². The summed E-state index contributed by atoms with van der Waals surface area (Å²) in [5, 5.41) is 6.90. The van der Waals surface area contributed by atoms with Gasteiger partial charge >= 0.3 is 6.09 Å². The molecule has 1 aromatic heterocycles. The summed E-state index contributed by atoms with van der Waals surface area (Å²) in [7, 11) is 5.24. The summed E-state index contributed by atoms with van der Waals surface area (Å²) >= 11 is 0. The fourth-order valence-corrected chi connectivity index (χ4v) is 3.97. The normalized spacial score (nSPS) is 11.7. The number of hydrogen-bond acceptors (Lipinski definition) is 8. The van der Waals surface area contributed by atoms with E-state index in [0.29, 0.717) is 29.0 Å². The Morgan fingerprint density at radius 2 is 1.84 bits per heavy atom. The van der Waals surface area contributed by atoms with E-state index in [4.69, 9.17) is 15.2 Å². The third-order valence-electron chi connectivity index (χ3n) is 5.66. The van der Waals surface area contributed by atoms with Gasteiger partial charge in [0.25, 0.3) is 5.91 Å². The highest BCUT2D eigenvalue weighted by Gasteiger charge is 2.18. The lowest BCUT2D eigenvalue weighted by molar-refractivity contribution is 0.102. The first kappa shape index (κ1) is 26.3. The van der Waals surface area contributed by atoms with Crippen molar-refractivity contribution >= 4 is 34.4 Å². The van der Waals surface area contributed by atoms with Gasteiger partial charge in [-0.25, -0.2) is 19.2 Å². The maximum atomic E-state index is 14.1. The van der Waals surface area contributed by atoms with Crippen LogP contribution in [0.4, 0.5) is 20.7 Å². The molecule has 0 spiro atoms. The number of rotatable bonds is 9. The second-order valence-electron chi connectivity index (χ2n) is 8.68. The Labute approximate surface area is 218 Å². The highest BCUT2D eigenvalue weighted by molar-refractivity contribution is 6.04. The minimum atomic E-state index is -0.938. The van der Waals surface area contributed by atoms with Crippen molar-refractivity contribution in [3.8, 4) is 11.5 Å². The molecule has 2 amide bonds. The molecule has 0 fully saturated rings. The molecule has 4 aromatic rings. The van der Waals surface area contributed by atoms with Crippen molar-refractivity contribution in [1.82, 2.24) is 14.9 Å². The average Bonchev–Trinajstić information content (AvgIpc) is 2.88. The molecule has 196 valence electrons. The number of amides is 2. The monoisotopic (exact) mass is 518 g/mol. The molecule has 1 heterocycles. The predicted octanol–water partition coefficient (Wildman–Crippen LogP) is 4.20. The number of para-hydroxylation sites is 1. The zero-order valence-electron chi connectivity index (χ0n) is 21.1. The summed E-state index contributed by atoms with van der Waals surface area (Å²) in [6, 6.07) is 16.2. The number of ether oxygens (including phenoxy) is 2. The molecule has 0 saturated carbocycles. The summed E-state index contributed by atoms with van der Waals surface area (Å²) in [5.74, 6) is -0.258. The average molecular weight is 519 g/mol. The Bertz CT molecular complexity index is 1480. The summed E-state index contributed by atoms with van der Waals surface area (Å²) in [6.45, 7) is 0.587. The lowest BCUT2D eigenvalue weighted by Crippen LogP contribution is -2.26. The molecule has 1 unspecified atom stereocenters. The zero-order chi connectivity index (χ0) is 27.2. The number of nitrogens with two attached hydrogens (primary N) is 1. The van der Waals surface area contributed by atoms with Crippen molar-refractivity contribution in [2.24, 2.45) is 5.73 Å². The van der Waals surface area contributed by atoms with E-state index in [2.05, 4.69) is 20.6 Å². The van der Waals surface area contributed by atoms with Crippen LogP contribution < -0.4 is 25.8 Å². The number of primary amides is 1. The summed E-state index contributed by atoms with van der Waals surface area (Å²) in [6.07, 6.45) is 0.433. The predicted molar refractivity (Wildman–Crippen MR) is 142 cm³/mol. The molecule has 11 heteroatoms. The van der Waals surface area contributed by atoms with Crippen molar-refractivity contribution in [2.75, 3.05) is 38.4 Å². The molecule has 0 radical (unpaired) electrons. The van der Waals surface area contributed by atoms with Crippen molar-refractivity contribution < 1.29 is 23.5 Å². The van der Waals surface area contributed by atoms with Crippen LogP contribution in [-0.2, 0) is 0 Å². The van der Waals surface area contributed by atoms with Gasteiger partial charge in [-0.15, -0.1) is 0 Å². The smallest absolute Gasteiger partial charge is 0.410 e. The Hall–Kier alpha value is -4.77. The van der Waals surface area contributed by atoms with E-state index in [1.807, 2.05) is 43.3 Å². The number of likely N-dealkylation sites (N-methyl/N-ethyl adjacent to an activating group) is 1. The molecule has 4 rings (SSSR count). The van der Waals surface area contributed by atoms with Crippen LogP contribution in [0.1, 0.15) is 22.0 Å². The number of nitrogens with zero attached hydrogens (tertiary/aromatic N) is 3. The van der Waals surface area contributed by atoms with Gasteiger partial charge in [-0.1, -0.05) is 18.2 Å². The third kappa shape index (κ3) is 6.13. The number of halogens is 1. The van der Waals surface area contributed by atoms with E-state index in [1.165, 1.54) is 25.6 Å². The Balaban J connectivity index is 1.61. The number of benzene rings is 3. The van der Waals surface area contributed by atoms with E-state index in [-0.39, 0.29) is 23.1 Å². The first-order chi connectivity index (χ1) is 18.2. The number of fused-ring (bicyclic) bond motifs is 1. The molecule has 1 atom stereocenters. The van der Waals surface area contributed by atoms with Crippen LogP contribution in [0.3, 0.4) is 0 Å². The van der Waals surface area contributed by atoms with Crippen molar-refractivity contribution in [1.29, 1.82) is 0 Å². The fourth-order valence-electron chi connectivity index (χ4n) is 3.97. The van der Waals surface area contributed by atoms with Crippen LogP contribution in [0.2, 0.25) is 0 Å². The molecule has 0 aliphatic carbocycles. The minimum Gasteiger partial charge on any atom is -0.494 e. The van der Waals surface area contributed by atoms with Gasteiger partial charge in [0.1, 0.15) is 17.7 Å². The standard InChI is InChI=1S/C27H27FN6O4/c1-34(2)14-21(33-25-19-8-5-9-23(38-27(29)36)24(19)30-15-31-25)16-6-4-7-18(12-16)32-26(35)17-10-11-22(37-3)20(28)13-17/h4-13,15,21H,14H2,1-3H3,(H2,29,36)(H,32,35)(H,30,31,33). The van der Waals surface area contributed by atoms with Gasteiger partial charge < -0.3 is 30.7 Å². The van der Waals surface area contributed by atoms with Crippen LogP contribution in [0.25, 0.3) is 10.9 Å². The van der Waals surface area contributed by atoms with Crippen molar-refractivity contribution in [2.45, 2.75) is 6.04 Å². The van der Waals surface area contributed by atoms with E-state index in [1.54, 1.807) is 18.2 Å². The molecule has 10 nitrogen and oxygen atoms in total. The van der Waals surface area contributed by atoms with Gasteiger partial charge in [0.15, 0.2) is 17.3 Å². The second kappa shape index (κ2) is 11.5. The van der Waals surface area contributed by atoms with Gasteiger partial charge in [-0.05, 0) is 62.1 Å². The van der Waals surface area contributed by atoms with Crippen LogP contribution >= 0.6 is 0 Å². The number of carbonyl (C=O) groups excluding carboxylic acids is 2. The molecule has 4 N–H and O–H groups in total. The van der Waals surface area contributed by atoms with Gasteiger partial charge in [0, 0.05) is 23.2 Å². The van der Waals surface area contributed by atoms with E-state index >= 15 is 0 Å². The molecule has 0 aliphatic heterocycles. The largest absolute Gasteiger partial charge is 0.494 e. The van der Waals surface area contributed by atoms with Crippen LogP contribution in [-0.4, -0.2) is 54.6 Å². The minimum absolute atomic E-state index is 0.0618. The van der Waals surface area contributed by atoms with Gasteiger partial charge in [0.2, 0.25) is 0 Å². The first-order valence-electron chi connectivity index (χ1n) is 11.6. The summed E-state index contributed by atoms with van der Waals surface area (Å²) < 4.78 is 24.1. The molecule has 0 bridgehead atoms. The Kier molecular flexibility index (Phi) is 7.97. The Morgan fingerprint density at radius 3 is 2.55 bits per heavy atom. The maximum Gasteiger partial charge on any atom is 0.410 e. The number of hydrogen-bond donors (Lipinski definition) is 3. The van der Waals surface area contributed by atoms with E-state index in [9.17, 15) is 14.0 Å². The molecule has 3 aromatic carbocycles. The summed E-state index contributed by atoms with van der Waals surface area (Å²) in [5.41, 5.74) is 7.20. The first-order valence-corrected chi connectivity index (χ1v) is 11.6. The summed E-state index contributed by atoms with van der Waals surface area (Å²) in [4.78, 5) is 34.7. The number of aromatic nitrogens is 2. The Morgan fingerprint density at radius 1 is 1.05 bits per heavy atom. The number of nitrogens with one attached hydrogen (secondary N) is 2. The van der Waals surface area contributed by atoms with Crippen LogP contribution in [0.5, 0.6) is 11.5 Å². The number of carbonyl (C=O) groups is 2. The second-order valence-corrected chi connectivity index (χ2v) is 8.68. The van der Waals surface area contributed by atoms with E-state index < -0.39 is 17.8 Å².